The molecule has 2 heteroatoms. The van der Waals surface area contributed by atoms with Crippen molar-refractivity contribution in [1.29, 1.82) is 0 Å². The van der Waals surface area contributed by atoms with Crippen LogP contribution in [0.25, 0.3) is 21.9 Å². The molecule has 0 saturated heterocycles. The van der Waals surface area contributed by atoms with Crippen LogP contribution >= 0.6 is 8.46 Å². The molecule has 0 amide bonds. The minimum atomic E-state index is 0.0708. The Hall–Kier alpha value is -1.98. The highest BCUT2D eigenvalue weighted by atomic mass is 31.1. The van der Waals surface area contributed by atoms with E-state index in [1.807, 2.05) is 30.3 Å². The molecule has 0 aliphatic rings. The molecule has 0 heterocycles. The molecule has 0 saturated carbocycles. The molecule has 3 aromatic carbocycles. The second-order valence-electron chi connectivity index (χ2n) is 4.16. The van der Waals surface area contributed by atoms with Crippen LogP contribution in [-0.4, -0.2) is 0 Å². The SMILES string of the molecule is O=Pc1ccc(-c2cccc3ccccc23)cc1. The highest BCUT2D eigenvalue weighted by Gasteiger charge is 2.02. The topological polar surface area (TPSA) is 17.1 Å². The summed E-state index contributed by atoms with van der Waals surface area (Å²) < 4.78 is 10.8. The number of fused-ring (bicyclic) bond motifs is 1. The summed E-state index contributed by atoms with van der Waals surface area (Å²) in [5.74, 6) is 0. The van der Waals surface area contributed by atoms with Crippen LogP contribution in [-0.2, 0) is 4.57 Å². The molecule has 0 bridgehead atoms. The molecule has 0 spiro atoms. The lowest BCUT2D eigenvalue weighted by molar-refractivity contribution is 0.603. The third kappa shape index (κ3) is 1.94. The zero-order valence-electron chi connectivity index (χ0n) is 9.71. The van der Waals surface area contributed by atoms with E-state index in [2.05, 4.69) is 36.4 Å². The van der Waals surface area contributed by atoms with Gasteiger partial charge in [0.15, 0.2) is 8.46 Å². The second kappa shape index (κ2) is 4.72. The fourth-order valence-corrected chi connectivity index (χ4v) is 2.45. The van der Waals surface area contributed by atoms with E-state index < -0.39 is 0 Å². The first-order chi connectivity index (χ1) is 8.88. The molecule has 18 heavy (non-hydrogen) atoms. The van der Waals surface area contributed by atoms with Crippen molar-refractivity contribution >= 4 is 24.5 Å². The molecular weight excluding hydrogens is 239 g/mol. The van der Waals surface area contributed by atoms with Gasteiger partial charge in [0.05, 0.1) is 0 Å². The van der Waals surface area contributed by atoms with E-state index in [4.69, 9.17) is 0 Å². The van der Waals surface area contributed by atoms with Gasteiger partial charge < -0.3 is 0 Å². The predicted octanol–water partition coefficient (Wildman–Crippen LogP) is 4.42. The van der Waals surface area contributed by atoms with Gasteiger partial charge >= 0.3 is 0 Å². The molecule has 0 unspecified atom stereocenters. The Labute approximate surface area is 107 Å². The van der Waals surface area contributed by atoms with Gasteiger partial charge in [-0.2, -0.15) is 0 Å². The van der Waals surface area contributed by atoms with Gasteiger partial charge in [-0.3, -0.25) is 4.57 Å². The summed E-state index contributed by atoms with van der Waals surface area (Å²) in [6.45, 7) is 0. The van der Waals surface area contributed by atoms with Crippen molar-refractivity contribution in [3.63, 3.8) is 0 Å². The van der Waals surface area contributed by atoms with Crippen molar-refractivity contribution in [2.24, 2.45) is 0 Å². The maximum Gasteiger partial charge on any atom is 0.192 e. The van der Waals surface area contributed by atoms with E-state index in [9.17, 15) is 4.57 Å². The van der Waals surface area contributed by atoms with Crippen LogP contribution in [0.15, 0.2) is 66.7 Å². The van der Waals surface area contributed by atoms with E-state index in [-0.39, 0.29) is 8.46 Å². The minimum Gasteiger partial charge on any atom is -0.269 e. The van der Waals surface area contributed by atoms with Gasteiger partial charge in [0.1, 0.15) is 0 Å². The van der Waals surface area contributed by atoms with Gasteiger partial charge in [-0.15, -0.1) is 0 Å². The Morgan fingerprint density at radius 3 is 2.22 bits per heavy atom. The normalized spacial score (nSPS) is 10.9. The van der Waals surface area contributed by atoms with Crippen LogP contribution < -0.4 is 5.30 Å². The van der Waals surface area contributed by atoms with Crippen molar-refractivity contribution in [3.05, 3.63) is 66.7 Å². The van der Waals surface area contributed by atoms with E-state index >= 15 is 0 Å². The highest BCUT2D eigenvalue weighted by Crippen LogP contribution is 2.28. The first kappa shape index (κ1) is 11.1. The van der Waals surface area contributed by atoms with E-state index in [1.165, 1.54) is 16.3 Å². The third-order valence-electron chi connectivity index (χ3n) is 3.07. The predicted molar refractivity (Wildman–Crippen MR) is 76.6 cm³/mol. The summed E-state index contributed by atoms with van der Waals surface area (Å²) in [6, 6.07) is 22.5. The second-order valence-corrected chi connectivity index (χ2v) is 4.86. The third-order valence-corrected chi connectivity index (χ3v) is 3.58. The number of rotatable bonds is 2. The highest BCUT2D eigenvalue weighted by molar-refractivity contribution is 7.34. The summed E-state index contributed by atoms with van der Waals surface area (Å²) in [6.07, 6.45) is 0. The van der Waals surface area contributed by atoms with E-state index in [1.54, 1.807) is 0 Å². The van der Waals surface area contributed by atoms with Crippen LogP contribution in [0.5, 0.6) is 0 Å². The zero-order valence-corrected chi connectivity index (χ0v) is 10.6. The van der Waals surface area contributed by atoms with Crippen LogP contribution in [0.4, 0.5) is 0 Å². The van der Waals surface area contributed by atoms with Crippen molar-refractivity contribution in [2.45, 2.75) is 0 Å². The monoisotopic (exact) mass is 250 g/mol. The number of benzene rings is 3. The van der Waals surface area contributed by atoms with Gasteiger partial charge in [0, 0.05) is 5.30 Å². The Morgan fingerprint density at radius 1 is 0.722 bits per heavy atom. The minimum absolute atomic E-state index is 0.0708. The molecule has 0 aliphatic heterocycles. The van der Waals surface area contributed by atoms with Gasteiger partial charge in [-0.1, -0.05) is 54.6 Å². The molecule has 0 aromatic heterocycles. The Bertz CT molecular complexity index is 696. The van der Waals surface area contributed by atoms with Crippen LogP contribution in [0.3, 0.4) is 0 Å². The largest absolute Gasteiger partial charge is 0.269 e. The van der Waals surface area contributed by atoms with Crippen molar-refractivity contribution in [2.75, 3.05) is 0 Å². The average molecular weight is 250 g/mol. The number of hydrogen-bond donors (Lipinski definition) is 0. The summed E-state index contributed by atoms with van der Waals surface area (Å²) in [5, 5.41) is 3.28. The molecule has 86 valence electrons. The quantitative estimate of drug-likeness (QED) is 0.615. The molecule has 0 radical (unpaired) electrons. The molecule has 0 atom stereocenters. The lowest BCUT2D eigenvalue weighted by Crippen LogP contribution is -1.89. The van der Waals surface area contributed by atoms with E-state index in [0.29, 0.717) is 0 Å². The smallest absolute Gasteiger partial charge is 0.192 e. The fourth-order valence-electron chi connectivity index (χ4n) is 2.18. The maximum absolute atomic E-state index is 10.8. The first-order valence-electron chi connectivity index (χ1n) is 5.80. The van der Waals surface area contributed by atoms with Crippen LogP contribution in [0.1, 0.15) is 0 Å². The molecule has 0 fully saturated rings. The molecule has 0 N–H and O–H groups in total. The fraction of sp³-hybridized carbons (Fsp3) is 0. The van der Waals surface area contributed by atoms with Crippen LogP contribution in [0.2, 0.25) is 0 Å². The van der Waals surface area contributed by atoms with Crippen LogP contribution in [0, 0.1) is 0 Å². The van der Waals surface area contributed by atoms with Crippen molar-refractivity contribution in [1.82, 2.24) is 0 Å². The standard InChI is InChI=1S/C16H11OP/c17-18-14-10-8-13(9-11-14)16-7-3-5-12-4-1-2-6-15(12)16/h1-11H. The lowest BCUT2D eigenvalue weighted by Gasteiger charge is -2.06. The van der Waals surface area contributed by atoms with Gasteiger partial charge in [-0.05, 0) is 34.0 Å². The van der Waals surface area contributed by atoms with Gasteiger partial charge in [0.2, 0.25) is 0 Å². The lowest BCUT2D eigenvalue weighted by atomic mass is 9.98. The molecular formula is C16H11OP. The maximum atomic E-state index is 10.8. The summed E-state index contributed by atoms with van der Waals surface area (Å²) in [7, 11) is 0.0708. The summed E-state index contributed by atoms with van der Waals surface area (Å²) >= 11 is 0. The summed E-state index contributed by atoms with van der Waals surface area (Å²) in [4.78, 5) is 0. The summed E-state index contributed by atoms with van der Waals surface area (Å²) in [5.41, 5.74) is 2.36. The Kier molecular flexibility index (Phi) is 2.92. The average Bonchev–Trinajstić information content (AvgIpc) is 2.47. The zero-order chi connectivity index (χ0) is 12.4. The van der Waals surface area contributed by atoms with E-state index in [0.717, 1.165) is 10.9 Å². The molecule has 1 nitrogen and oxygen atoms in total. The van der Waals surface area contributed by atoms with Crippen molar-refractivity contribution in [3.8, 4) is 11.1 Å². The van der Waals surface area contributed by atoms with Gasteiger partial charge in [-0.25, -0.2) is 0 Å². The molecule has 3 aromatic rings. The molecule has 0 aliphatic carbocycles. The molecule has 3 rings (SSSR count). The number of hydrogen-bond acceptors (Lipinski definition) is 1. The van der Waals surface area contributed by atoms with Gasteiger partial charge in [0.25, 0.3) is 0 Å². The van der Waals surface area contributed by atoms with Crippen molar-refractivity contribution < 1.29 is 4.57 Å². The first-order valence-corrected chi connectivity index (χ1v) is 6.61. The Balaban J connectivity index is 2.21. The Morgan fingerprint density at radius 2 is 1.44 bits per heavy atom.